The number of fused-ring (bicyclic) bond motifs is 1. The largest absolute Gasteiger partial charge is 0.466 e. The number of carbonyl (C=O) groups is 2. The minimum absolute atomic E-state index is 0.280. The zero-order chi connectivity index (χ0) is 15.9. The zero-order valence-electron chi connectivity index (χ0n) is 12.7. The van der Waals surface area contributed by atoms with Crippen molar-refractivity contribution in [3.63, 3.8) is 0 Å². The number of benzene rings is 1. The van der Waals surface area contributed by atoms with Gasteiger partial charge in [-0.05, 0) is 43.9 Å². The monoisotopic (exact) mass is 322 g/mol. The summed E-state index contributed by atoms with van der Waals surface area (Å²) in [6.07, 6.45) is 2.06. The Morgan fingerprint density at radius 1 is 1.50 bits per heavy atom. The first-order valence-electron chi connectivity index (χ1n) is 7.49. The standard InChI is InChI=1S/C16H19ClN2O3/c1-10-4-3-7-19(9-10)15(21)16(2)14(20)18-12-8-11(17)5-6-13(12)22-16/h5-6,8,10H,3-4,7,9H2,1-2H3,(H,18,20). The minimum atomic E-state index is -1.53. The second-order valence-electron chi connectivity index (χ2n) is 6.23. The van der Waals surface area contributed by atoms with Crippen molar-refractivity contribution in [2.45, 2.75) is 32.3 Å². The Balaban J connectivity index is 1.87. The van der Waals surface area contributed by atoms with E-state index in [4.69, 9.17) is 16.3 Å². The van der Waals surface area contributed by atoms with Gasteiger partial charge in [-0.2, -0.15) is 0 Å². The Hall–Kier alpha value is -1.75. The molecule has 0 radical (unpaired) electrons. The smallest absolute Gasteiger partial charge is 0.278 e. The molecule has 0 aliphatic carbocycles. The normalized spacial score (nSPS) is 27.7. The molecule has 3 rings (SSSR count). The minimum Gasteiger partial charge on any atom is -0.466 e. The van der Waals surface area contributed by atoms with Gasteiger partial charge in [-0.3, -0.25) is 9.59 Å². The SMILES string of the molecule is CC1CCCN(C(=O)C2(C)Oc3ccc(Cl)cc3NC2=O)C1. The van der Waals surface area contributed by atoms with E-state index in [-0.39, 0.29) is 5.91 Å². The molecule has 1 aromatic rings. The third-order valence-corrected chi connectivity index (χ3v) is 4.52. The van der Waals surface area contributed by atoms with Crippen LogP contribution in [0.4, 0.5) is 5.69 Å². The van der Waals surface area contributed by atoms with Gasteiger partial charge in [0.15, 0.2) is 0 Å². The predicted molar refractivity (Wildman–Crippen MR) is 84.1 cm³/mol. The lowest BCUT2D eigenvalue weighted by atomic mass is 9.95. The van der Waals surface area contributed by atoms with Crippen molar-refractivity contribution in [3.8, 4) is 5.75 Å². The fourth-order valence-corrected chi connectivity index (χ4v) is 3.19. The average Bonchev–Trinajstić information content (AvgIpc) is 2.48. The fraction of sp³-hybridized carbons (Fsp3) is 0.500. The molecule has 1 saturated heterocycles. The number of anilines is 1. The lowest BCUT2D eigenvalue weighted by Crippen LogP contribution is -2.60. The van der Waals surface area contributed by atoms with E-state index in [0.717, 1.165) is 12.8 Å². The molecule has 6 heteroatoms. The van der Waals surface area contributed by atoms with Gasteiger partial charge in [0, 0.05) is 18.1 Å². The molecule has 2 heterocycles. The maximum absolute atomic E-state index is 12.8. The fourth-order valence-electron chi connectivity index (χ4n) is 3.01. The highest BCUT2D eigenvalue weighted by Gasteiger charge is 2.49. The van der Waals surface area contributed by atoms with Crippen molar-refractivity contribution >= 4 is 29.1 Å². The van der Waals surface area contributed by atoms with Crippen LogP contribution in [-0.2, 0) is 9.59 Å². The number of carbonyl (C=O) groups excluding carboxylic acids is 2. The second-order valence-corrected chi connectivity index (χ2v) is 6.66. The molecular weight excluding hydrogens is 304 g/mol. The van der Waals surface area contributed by atoms with E-state index in [1.54, 1.807) is 23.1 Å². The zero-order valence-corrected chi connectivity index (χ0v) is 13.4. The van der Waals surface area contributed by atoms with E-state index in [0.29, 0.717) is 35.5 Å². The van der Waals surface area contributed by atoms with Crippen LogP contribution < -0.4 is 10.1 Å². The summed E-state index contributed by atoms with van der Waals surface area (Å²) in [6.45, 7) is 4.98. The van der Waals surface area contributed by atoms with Crippen molar-refractivity contribution in [3.05, 3.63) is 23.2 Å². The molecule has 1 fully saturated rings. The summed E-state index contributed by atoms with van der Waals surface area (Å²) in [4.78, 5) is 27.0. The van der Waals surface area contributed by atoms with Gasteiger partial charge in [0.05, 0.1) is 5.69 Å². The van der Waals surface area contributed by atoms with Gasteiger partial charge in [-0.15, -0.1) is 0 Å². The molecule has 5 nitrogen and oxygen atoms in total. The number of rotatable bonds is 1. The molecule has 2 amide bonds. The van der Waals surface area contributed by atoms with Gasteiger partial charge in [0.25, 0.3) is 17.4 Å². The Morgan fingerprint density at radius 3 is 3.00 bits per heavy atom. The van der Waals surface area contributed by atoms with E-state index in [1.165, 1.54) is 6.92 Å². The summed E-state index contributed by atoms with van der Waals surface area (Å²) in [5.74, 6) is 0.173. The van der Waals surface area contributed by atoms with Gasteiger partial charge in [0.1, 0.15) is 5.75 Å². The van der Waals surface area contributed by atoms with Gasteiger partial charge < -0.3 is 15.0 Å². The quantitative estimate of drug-likeness (QED) is 0.809. The van der Waals surface area contributed by atoms with Crippen molar-refractivity contribution < 1.29 is 14.3 Å². The number of hydrogen-bond acceptors (Lipinski definition) is 3. The highest BCUT2D eigenvalue weighted by Crippen LogP contribution is 2.36. The van der Waals surface area contributed by atoms with Crippen LogP contribution in [0.5, 0.6) is 5.75 Å². The number of nitrogens with zero attached hydrogens (tertiary/aromatic N) is 1. The van der Waals surface area contributed by atoms with Gasteiger partial charge >= 0.3 is 0 Å². The molecule has 1 N–H and O–H groups in total. The van der Waals surface area contributed by atoms with Crippen LogP contribution in [0.15, 0.2) is 18.2 Å². The maximum Gasteiger partial charge on any atom is 0.278 e. The van der Waals surface area contributed by atoms with Crippen LogP contribution in [0.25, 0.3) is 0 Å². The molecule has 2 unspecified atom stereocenters. The van der Waals surface area contributed by atoms with Crippen LogP contribution in [0, 0.1) is 5.92 Å². The highest BCUT2D eigenvalue weighted by atomic mass is 35.5. The number of amides is 2. The third-order valence-electron chi connectivity index (χ3n) is 4.29. The van der Waals surface area contributed by atoms with Crippen LogP contribution in [-0.4, -0.2) is 35.4 Å². The number of ether oxygens (including phenoxy) is 1. The molecule has 0 aromatic heterocycles. The number of likely N-dealkylation sites (tertiary alicyclic amines) is 1. The maximum atomic E-state index is 12.8. The summed E-state index contributed by atoms with van der Waals surface area (Å²) >= 11 is 5.91. The molecule has 22 heavy (non-hydrogen) atoms. The first-order chi connectivity index (χ1) is 10.4. The molecule has 1 aromatic carbocycles. The number of nitrogens with one attached hydrogen (secondary N) is 1. The van der Waals surface area contributed by atoms with E-state index in [9.17, 15) is 9.59 Å². The van der Waals surface area contributed by atoms with Crippen LogP contribution in [0.1, 0.15) is 26.7 Å². The summed E-state index contributed by atoms with van der Waals surface area (Å²) in [6, 6.07) is 4.95. The van der Waals surface area contributed by atoms with E-state index in [1.807, 2.05) is 0 Å². The van der Waals surface area contributed by atoms with Crippen molar-refractivity contribution in [1.29, 1.82) is 0 Å². The summed E-state index contributed by atoms with van der Waals surface area (Å²) < 4.78 is 5.78. The molecule has 0 bridgehead atoms. The van der Waals surface area contributed by atoms with Gasteiger partial charge in [-0.1, -0.05) is 18.5 Å². The van der Waals surface area contributed by atoms with Crippen molar-refractivity contribution in [2.75, 3.05) is 18.4 Å². The molecule has 0 spiro atoms. The Labute approximate surface area is 134 Å². The lowest BCUT2D eigenvalue weighted by molar-refractivity contribution is -0.155. The Kier molecular flexibility index (Phi) is 3.77. The van der Waals surface area contributed by atoms with Crippen molar-refractivity contribution in [1.82, 2.24) is 4.90 Å². The molecule has 2 atom stereocenters. The lowest BCUT2D eigenvalue weighted by Gasteiger charge is -2.39. The molecular formula is C16H19ClN2O3. The number of halogens is 1. The van der Waals surface area contributed by atoms with Crippen LogP contribution in [0.3, 0.4) is 0 Å². The molecule has 2 aliphatic heterocycles. The van der Waals surface area contributed by atoms with Gasteiger partial charge in [0.2, 0.25) is 0 Å². The topological polar surface area (TPSA) is 58.6 Å². The summed E-state index contributed by atoms with van der Waals surface area (Å²) in [7, 11) is 0. The highest BCUT2D eigenvalue weighted by molar-refractivity contribution is 6.31. The number of piperidine rings is 1. The first kappa shape index (κ1) is 15.2. The molecule has 0 saturated carbocycles. The molecule has 2 aliphatic rings. The first-order valence-corrected chi connectivity index (χ1v) is 7.87. The summed E-state index contributed by atoms with van der Waals surface area (Å²) in [5.41, 5.74) is -1.03. The summed E-state index contributed by atoms with van der Waals surface area (Å²) in [5, 5.41) is 3.23. The molecule has 118 valence electrons. The average molecular weight is 323 g/mol. The second kappa shape index (κ2) is 5.47. The Morgan fingerprint density at radius 2 is 2.27 bits per heavy atom. The van der Waals surface area contributed by atoms with E-state index >= 15 is 0 Å². The van der Waals surface area contributed by atoms with Crippen LogP contribution in [0.2, 0.25) is 5.02 Å². The third kappa shape index (κ3) is 2.54. The van der Waals surface area contributed by atoms with E-state index in [2.05, 4.69) is 12.2 Å². The van der Waals surface area contributed by atoms with Crippen LogP contribution >= 0.6 is 11.6 Å². The number of hydrogen-bond donors (Lipinski definition) is 1. The van der Waals surface area contributed by atoms with Crippen molar-refractivity contribution in [2.24, 2.45) is 5.92 Å². The van der Waals surface area contributed by atoms with Gasteiger partial charge in [-0.25, -0.2) is 0 Å². The predicted octanol–water partition coefficient (Wildman–Crippen LogP) is 2.69. The van der Waals surface area contributed by atoms with E-state index < -0.39 is 11.5 Å². The Bertz CT molecular complexity index is 634.